The Morgan fingerprint density at radius 1 is 1.00 bits per heavy atom. The molecule has 0 radical (unpaired) electrons. The third-order valence-corrected chi connectivity index (χ3v) is 5.62. The van der Waals surface area contributed by atoms with Crippen LogP contribution in [0.15, 0.2) is 0 Å². The number of hydrogen-bond donors (Lipinski definition) is 1. The summed E-state index contributed by atoms with van der Waals surface area (Å²) in [5.41, 5.74) is 0. The van der Waals surface area contributed by atoms with Crippen molar-refractivity contribution in [1.82, 2.24) is 9.03 Å². The average Bonchev–Trinajstić information content (AvgIpc) is 2.23. The molecule has 0 spiro atoms. The third-order valence-electron chi connectivity index (χ3n) is 1.95. The molecule has 0 aliphatic heterocycles. The van der Waals surface area contributed by atoms with E-state index in [-0.39, 0.29) is 0 Å². The lowest BCUT2D eigenvalue weighted by atomic mass is 10.2. The molecule has 0 aliphatic carbocycles. The molecule has 1 N–H and O–H groups in total. The summed E-state index contributed by atoms with van der Waals surface area (Å²) in [5.74, 6) is -7.17. The zero-order valence-corrected chi connectivity index (χ0v) is 12.5. The van der Waals surface area contributed by atoms with Gasteiger partial charge in [0.25, 0.3) is 10.0 Å². The SMILES string of the molecule is CN(C)CS(=O)(=O)NS(=O)(=O)C(F)(F)C(F)C(F)(F)C(F)F. The van der Waals surface area contributed by atoms with Gasteiger partial charge in [-0.2, -0.15) is 17.6 Å². The van der Waals surface area contributed by atoms with Crippen LogP contribution in [-0.4, -0.2) is 65.5 Å². The number of rotatable bonds is 8. The highest BCUT2D eigenvalue weighted by Crippen LogP contribution is 2.40. The molecular formula is C7H11F7N2O4S2. The third kappa shape index (κ3) is 4.66. The lowest BCUT2D eigenvalue weighted by Crippen LogP contribution is -2.56. The molecule has 0 saturated heterocycles. The monoisotopic (exact) mass is 384 g/mol. The van der Waals surface area contributed by atoms with Gasteiger partial charge in [0.2, 0.25) is 16.2 Å². The van der Waals surface area contributed by atoms with Crippen molar-refractivity contribution in [1.29, 1.82) is 0 Å². The highest BCUT2D eigenvalue weighted by molar-refractivity contribution is 8.05. The van der Waals surface area contributed by atoms with Crippen LogP contribution in [-0.2, 0) is 20.0 Å². The van der Waals surface area contributed by atoms with Crippen molar-refractivity contribution in [2.75, 3.05) is 20.0 Å². The standard InChI is InChI=1S/C7H11F7N2O4S2/c1-16(2)3-21(17,18)15-22(19,20)7(13,14)4(8)6(11,12)5(9)10/h4-5,15H,3H2,1-2H3. The molecule has 0 aromatic heterocycles. The van der Waals surface area contributed by atoms with E-state index >= 15 is 0 Å². The molecule has 0 aromatic carbocycles. The van der Waals surface area contributed by atoms with E-state index in [0.29, 0.717) is 4.13 Å². The summed E-state index contributed by atoms with van der Waals surface area (Å²) in [7, 11) is -9.40. The fourth-order valence-corrected chi connectivity index (χ4v) is 4.16. The Balaban J connectivity index is 5.61. The molecule has 15 heteroatoms. The highest BCUT2D eigenvalue weighted by atomic mass is 32.3. The van der Waals surface area contributed by atoms with Gasteiger partial charge in [-0.25, -0.2) is 30.0 Å². The molecule has 134 valence electrons. The molecule has 0 aliphatic rings. The van der Waals surface area contributed by atoms with Gasteiger partial charge in [0.05, 0.1) is 0 Å². The van der Waals surface area contributed by atoms with Gasteiger partial charge >= 0.3 is 17.6 Å². The second-order valence-electron chi connectivity index (χ2n) is 4.31. The molecular weight excluding hydrogens is 373 g/mol. The van der Waals surface area contributed by atoms with Crippen LogP contribution in [0.4, 0.5) is 30.7 Å². The summed E-state index contributed by atoms with van der Waals surface area (Å²) >= 11 is 0. The molecule has 0 aromatic rings. The van der Waals surface area contributed by atoms with Crippen molar-refractivity contribution in [3.63, 3.8) is 0 Å². The Kier molecular flexibility index (Phi) is 6.25. The first-order valence-corrected chi connectivity index (χ1v) is 8.19. The molecule has 0 amide bonds. The normalized spacial score (nSPS) is 16.3. The summed E-state index contributed by atoms with van der Waals surface area (Å²) in [4.78, 5) is 0.802. The summed E-state index contributed by atoms with van der Waals surface area (Å²) in [6.45, 7) is 0. The number of nitrogens with one attached hydrogen (secondary N) is 1. The minimum Gasteiger partial charge on any atom is -0.295 e. The van der Waals surface area contributed by atoms with Gasteiger partial charge in [-0.3, -0.25) is 4.90 Å². The Morgan fingerprint density at radius 3 is 1.73 bits per heavy atom. The Hall–Kier alpha value is -0.670. The van der Waals surface area contributed by atoms with Gasteiger partial charge in [0, 0.05) is 0 Å². The maximum Gasteiger partial charge on any atom is 0.396 e. The molecule has 22 heavy (non-hydrogen) atoms. The maximum atomic E-state index is 13.2. The Labute approximate surface area is 121 Å². The van der Waals surface area contributed by atoms with Crippen LogP contribution in [0.1, 0.15) is 0 Å². The Bertz CT molecular complexity index is 590. The van der Waals surface area contributed by atoms with Crippen LogP contribution in [0.3, 0.4) is 0 Å². The van der Waals surface area contributed by atoms with E-state index in [4.69, 9.17) is 0 Å². The summed E-state index contributed by atoms with van der Waals surface area (Å²) in [5, 5.41) is -6.12. The number of hydrogen-bond acceptors (Lipinski definition) is 5. The van der Waals surface area contributed by atoms with Crippen LogP contribution in [0.2, 0.25) is 0 Å². The second kappa shape index (κ2) is 6.45. The molecule has 0 heterocycles. The maximum absolute atomic E-state index is 13.2. The zero-order valence-electron chi connectivity index (χ0n) is 10.9. The van der Waals surface area contributed by atoms with Crippen molar-refractivity contribution in [2.45, 2.75) is 23.8 Å². The van der Waals surface area contributed by atoms with Crippen LogP contribution in [0.5, 0.6) is 0 Å². The van der Waals surface area contributed by atoms with Crippen LogP contribution in [0.25, 0.3) is 0 Å². The minimum atomic E-state index is -6.57. The van der Waals surface area contributed by atoms with E-state index in [1.165, 1.54) is 0 Å². The fourth-order valence-electron chi connectivity index (χ4n) is 1.06. The van der Waals surface area contributed by atoms with Crippen LogP contribution < -0.4 is 4.13 Å². The molecule has 0 saturated carbocycles. The number of alkyl halides is 7. The molecule has 0 rings (SSSR count). The first kappa shape index (κ1) is 21.3. The predicted octanol–water partition coefficient (Wildman–Crippen LogP) is 0.586. The van der Waals surface area contributed by atoms with Crippen molar-refractivity contribution < 1.29 is 47.6 Å². The van der Waals surface area contributed by atoms with Gasteiger partial charge in [-0.1, -0.05) is 0 Å². The topological polar surface area (TPSA) is 83.6 Å². The lowest BCUT2D eigenvalue weighted by Gasteiger charge is -2.26. The number of halogens is 7. The van der Waals surface area contributed by atoms with E-state index in [2.05, 4.69) is 0 Å². The minimum absolute atomic E-state index is 0.331. The van der Waals surface area contributed by atoms with Crippen molar-refractivity contribution >= 4 is 20.0 Å². The van der Waals surface area contributed by atoms with Gasteiger partial charge in [-0.05, 0) is 14.1 Å². The largest absolute Gasteiger partial charge is 0.396 e. The second-order valence-corrected chi connectivity index (χ2v) is 8.02. The van der Waals surface area contributed by atoms with E-state index in [0.717, 1.165) is 19.0 Å². The molecule has 6 nitrogen and oxygen atoms in total. The van der Waals surface area contributed by atoms with E-state index in [1.807, 2.05) is 0 Å². The number of nitrogens with zero attached hydrogens (tertiary/aromatic N) is 1. The lowest BCUT2D eigenvalue weighted by molar-refractivity contribution is -0.209. The summed E-state index contributed by atoms with van der Waals surface area (Å²) < 4.78 is 133. The quantitative estimate of drug-likeness (QED) is 0.620. The summed E-state index contributed by atoms with van der Waals surface area (Å²) in [6.07, 6.45) is -10.1. The summed E-state index contributed by atoms with van der Waals surface area (Å²) in [6, 6.07) is 0. The first-order chi connectivity index (χ1) is 9.47. The smallest absolute Gasteiger partial charge is 0.295 e. The Morgan fingerprint density at radius 2 is 1.41 bits per heavy atom. The zero-order chi connectivity index (χ0) is 18.1. The highest BCUT2D eigenvalue weighted by Gasteiger charge is 2.67. The molecule has 0 fully saturated rings. The van der Waals surface area contributed by atoms with Crippen molar-refractivity contribution in [2.24, 2.45) is 0 Å². The van der Waals surface area contributed by atoms with Gasteiger partial charge in [-0.15, -0.1) is 4.13 Å². The molecule has 1 atom stereocenters. The van der Waals surface area contributed by atoms with Gasteiger partial charge in [0.1, 0.15) is 5.88 Å². The van der Waals surface area contributed by atoms with E-state index in [1.54, 1.807) is 0 Å². The number of sulfonamides is 2. The van der Waals surface area contributed by atoms with Crippen LogP contribution in [0, 0.1) is 0 Å². The predicted molar refractivity (Wildman–Crippen MR) is 60.3 cm³/mol. The van der Waals surface area contributed by atoms with Crippen molar-refractivity contribution in [3.8, 4) is 0 Å². The molecule has 0 bridgehead atoms. The van der Waals surface area contributed by atoms with E-state index < -0.39 is 49.7 Å². The van der Waals surface area contributed by atoms with Crippen LogP contribution >= 0.6 is 0 Å². The van der Waals surface area contributed by atoms with Gasteiger partial charge < -0.3 is 0 Å². The fraction of sp³-hybridized carbons (Fsp3) is 1.00. The van der Waals surface area contributed by atoms with Gasteiger partial charge in [0.15, 0.2) is 0 Å². The average molecular weight is 384 g/mol. The molecule has 1 unspecified atom stereocenters. The van der Waals surface area contributed by atoms with Crippen molar-refractivity contribution in [3.05, 3.63) is 0 Å². The first-order valence-electron chi connectivity index (χ1n) is 5.05. The van der Waals surface area contributed by atoms with E-state index in [9.17, 15) is 47.6 Å².